The monoisotopic (exact) mass is 103 g/mol. The summed E-state index contributed by atoms with van der Waals surface area (Å²) in [6.45, 7) is 1.57. The van der Waals surface area contributed by atoms with E-state index in [2.05, 4.69) is 0 Å². The van der Waals surface area contributed by atoms with Gasteiger partial charge in [-0.3, -0.25) is 0 Å². The molecule has 0 aromatic rings. The van der Waals surface area contributed by atoms with Crippen LogP contribution in [-0.4, -0.2) is 31.6 Å². The summed E-state index contributed by atoms with van der Waals surface area (Å²) in [6, 6.07) is 0. The molecule has 0 aromatic heterocycles. The van der Waals surface area contributed by atoms with Gasteiger partial charge in [-0.05, 0) is 0 Å². The van der Waals surface area contributed by atoms with Crippen LogP contribution in [0.4, 0.5) is 0 Å². The lowest BCUT2D eigenvalue weighted by Crippen LogP contribution is -2.33. The van der Waals surface area contributed by atoms with Gasteiger partial charge >= 0.3 is 0 Å². The van der Waals surface area contributed by atoms with Gasteiger partial charge in [-0.25, -0.2) is 0 Å². The molecule has 1 atom stereocenters. The van der Waals surface area contributed by atoms with E-state index in [0.717, 1.165) is 0 Å². The number of ether oxygens (including phenoxy) is 1. The molecule has 1 aliphatic rings. The van der Waals surface area contributed by atoms with Gasteiger partial charge in [-0.2, -0.15) is 0 Å². The highest BCUT2D eigenvalue weighted by Gasteiger charge is 2.16. The van der Waals surface area contributed by atoms with Crippen LogP contribution in [0.5, 0.6) is 0 Å². The summed E-state index contributed by atoms with van der Waals surface area (Å²) in [5, 5.41) is 10.7. The molecule has 1 heterocycles. The van der Waals surface area contributed by atoms with Crippen molar-refractivity contribution >= 4 is 0 Å². The molecule has 0 amide bonds. The average molecular weight is 103 g/mol. The number of likely N-dealkylation sites (N-methyl/N-ethyl adjacent to an activating group) is 1. The molecule has 0 spiro atoms. The summed E-state index contributed by atoms with van der Waals surface area (Å²) >= 11 is 0. The fourth-order valence-corrected chi connectivity index (χ4v) is 0.580. The molecule has 0 radical (unpaired) electrons. The van der Waals surface area contributed by atoms with Crippen molar-refractivity contribution in [3.8, 4) is 0 Å². The Morgan fingerprint density at radius 2 is 2.43 bits per heavy atom. The first kappa shape index (κ1) is 5.03. The molecule has 3 heteroatoms. The fourth-order valence-electron chi connectivity index (χ4n) is 0.580. The minimum Gasteiger partial charge on any atom is -0.631 e. The van der Waals surface area contributed by atoms with Gasteiger partial charge in [0.05, 0.1) is 7.05 Å². The maximum absolute atomic E-state index is 10.7. The summed E-state index contributed by atoms with van der Waals surface area (Å²) in [6.07, 6.45) is 0. The number of quaternary nitrogens is 1. The second-order valence-electron chi connectivity index (χ2n) is 2.06. The van der Waals surface area contributed by atoms with E-state index in [1.807, 2.05) is 0 Å². The number of nitrogens with zero attached hydrogens (tertiary/aromatic N) is 1. The third-order valence-electron chi connectivity index (χ3n) is 1.07. The summed E-state index contributed by atoms with van der Waals surface area (Å²) < 4.78 is 4.60. The van der Waals surface area contributed by atoms with Crippen molar-refractivity contribution in [1.82, 2.24) is 0 Å². The standard InChI is InChI=1S/C4H9NO2/c1-5(6)2-3-7-4-5/h2-4H2,1H3. The van der Waals surface area contributed by atoms with Crippen LogP contribution in [0.1, 0.15) is 0 Å². The van der Waals surface area contributed by atoms with Crippen LogP contribution in [0, 0.1) is 5.21 Å². The average Bonchev–Trinajstić information content (AvgIpc) is 1.84. The Bertz CT molecular complexity index is 64.1. The minimum absolute atomic E-state index is 0.222. The number of hydrogen-bond acceptors (Lipinski definition) is 2. The molecule has 1 unspecified atom stereocenters. The van der Waals surface area contributed by atoms with Gasteiger partial charge < -0.3 is 14.6 Å². The predicted molar refractivity (Wildman–Crippen MR) is 25.2 cm³/mol. The van der Waals surface area contributed by atoms with E-state index < -0.39 is 0 Å². The highest BCUT2D eigenvalue weighted by molar-refractivity contribution is 4.38. The first-order chi connectivity index (χ1) is 3.21. The van der Waals surface area contributed by atoms with Crippen molar-refractivity contribution in [2.45, 2.75) is 0 Å². The van der Waals surface area contributed by atoms with Crippen molar-refractivity contribution < 1.29 is 9.38 Å². The van der Waals surface area contributed by atoms with Crippen LogP contribution in [0.15, 0.2) is 0 Å². The molecule has 1 rings (SSSR count). The second kappa shape index (κ2) is 1.43. The van der Waals surface area contributed by atoms with Crippen LogP contribution in [0.2, 0.25) is 0 Å². The first-order valence-corrected chi connectivity index (χ1v) is 2.34. The maximum atomic E-state index is 10.7. The molecule has 0 N–H and O–H groups in total. The molecule has 3 nitrogen and oxygen atoms in total. The zero-order valence-corrected chi connectivity index (χ0v) is 4.39. The topological polar surface area (TPSA) is 32.3 Å². The largest absolute Gasteiger partial charge is 0.631 e. The zero-order chi connectivity index (χ0) is 5.33. The lowest BCUT2D eigenvalue weighted by atomic mass is 10.7. The molecular weight excluding hydrogens is 94.0 g/mol. The summed E-state index contributed by atoms with van der Waals surface area (Å²) in [4.78, 5) is 0. The van der Waals surface area contributed by atoms with E-state index in [4.69, 9.17) is 4.74 Å². The van der Waals surface area contributed by atoms with E-state index in [1.54, 1.807) is 7.05 Å². The summed E-state index contributed by atoms with van der Waals surface area (Å²) in [5.41, 5.74) is 0. The molecule has 1 fully saturated rings. The van der Waals surface area contributed by atoms with E-state index in [1.165, 1.54) is 0 Å². The molecule has 1 saturated heterocycles. The second-order valence-corrected chi connectivity index (χ2v) is 2.06. The van der Waals surface area contributed by atoms with E-state index >= 15 is 0 Å². The SMILES string of the molecule is C[N+]1([O-])CCOC1. The van der Waals surface area contributed by atoms with Gasteiger partial charge in [0, 0.05) is 0 Å². The van der Waals surface area contributed by atoms with Crippen LogP contribution < -0.4 is 0 Å². The van der Waals surface area contributed by atoms with Gasteiger partial charge in [-0.1, -0.05) is 0 Å². The Labute approximate surface area is 42.7 Å². The quantitative estimate of drug-likeness (QED) is 0.317. The van der Waals surface area contributed by atoms with E-state index in [9.17, 15) is 5.21 Å². The molecule has 1 aliphatic heterocycles. The van der Waals surface area contributed by atoms with Crippen LogP contribution in [0.25, 0.3) is 0 Å². The van der Waals surface area contributed by atoms with Crippen molar-refractivity contribution in [1.29, 1.82) is 0 Å². The van der Waals surface area contributed by atoms with Crippen LogP contribution >= 0.6 is 0 Å². The van der Waals surface area contributed by atoms with Crippen molar-refractivity contribution in [3.05, 3.63) is 5.21 Å². The lowest BCUT2D eigenvalue weighted by molar-refractivity contribution is -0.857. The first-order valence-electron chi connectivity index (χ1n) is 2.34. The van der Waals surface area contributed by atoms with Crippen molar-refractivity contribution in [3.63, 3.8) is 0 Å². The Kier molecular flexibility index (Phi) is 1.03. The molecule has 42 valence electrons. The molecule has 0 saturated carbocycles. The Morgan fingerprint density at radius 1 is 1.71 bits per heavy atom. The van der Waals surface area contributed by atoms with Gasteiger partial charge in [0.2, 0.25) is 0 Å². The summed E-state index contributed by atoms with van der Waals surface area (Å²) in [7, 11) is 1.62. The maximum Gasteiger partial charge on any atom is 0.183 e. The van der Waals surface area contributed by atoms with Gasteiger partial charge in [0.25, 0.3) is 0 Å². The normalized spacial score (nSPS) is 42.0. The third-order valence-corrected chi connectivity index (χ3v) is 1.07. The zero-order valence-electron chi connectivity index (χ0n) is 4.39. The van der Waals surface area contributed by atoms with Crippen LogP contribution in [0.3, 0.4) is 0 Å². The predicted octanol–water partition coefficient (Wildman–Crippen LogP) is -0.0815. The molecule has 0 aromatic carbocycles. The molecule has 0 aliphatic carbocycles. The minimum atomic E-state index is -0.222. The number of hydrogen-bond donors (Lipinski definition) is 0. The van der Waals surface area contributed by atoms with E-state index in [0.29, 0.717) is 19.9 Å². The van der Waals surface area contributed by atoms with Crippen molar-refractivity contribution in [2.24, 2.45) is 0 Å². The third kappa shape index (κ3) is 1.12. The van der Waals surface area contributed by atoms with Crippen molar-refractivity contribution in [2.75, 3.05) is 26.9 Å². The number of hydroxylamine groups is 3. The highest BCUT2D eigenvalue weighted by Crippen LogP contribution is 2.04. The van der Waals surface area contributed by atoms with Crippen LogP contribution in [-0.2, 0) is 4.74 Å². The van der Waals surface area contributed by atoms with E-state index in [-0.39, 0.29) is 4.65 Å². The number of rotatable bonds is 0. The smallest absolute Gasteiger partial charge is 0.183 e. The summed E-state index contributed by atoms with van der Waals surface area (Å²) in [5.74, 6) is 0. The Hall–Kier alpha value is -0.120. The molecular formula is C4H9NO2. The van der Waals surface area contributed by atoms with Gasteiger partial charge in [-0.15, -0.1) is 0 Å². The lowest BCUT2D eigenvalue weighted by Gasteiger charge is -2.30. The fraction of sp³-hybridized carbons (Fsp3) is 1.00. The van der Waals surface area contributed by atoms with Gasteiger partial charge in [0.1, 0.15) is 13.2 Å². The Morgan fingerprint density at radius 3 is 2.57 bits per heavy atom. The molecule has 7 heavy (non-hydrogen) atoms. The highest BCUT2D eigenvalue weighted by atomic mass is 16.6. The Balaban J connectivity index is 2.40. The molecule has 0 bridgehead atoms. The van der Waals surface area contributed by atoms with Gasteiger partial charge in [0.15, 0.2) is 6.73 Å².